The Labute approximate surface area is 78.2 Å². The Morgan fingerprint density at radius 3 is 2.69 bits per heavy atom. The summed E-state index contributed by atoms with van der Waals surface area (Å²) in [6.07, 6.45) is 0. The molecule has 0 bridgehead atoms. The smallest absolute Gasteiger partial charge is 0.150 e. The van der Waals surface area contributed by atoms with Gasteiger partial charge in [0.1, 0.15) is 11.5 Å². The van der Waals surface area contributed by atoms with Crippen LogP contribution in [0.25, 0.3) is 0 Å². The van der Waals surface area contributed by atoms with Crippen LogP contribution in [0.3, 0.4) is 0 Å². The number of benzene rings is 1. The van der Waals surface area contributed by atoms with Gasteiger partial charge in [0.2, 0.25) is 0 Å². The number of allylic oxidation sites excluding steroid dienone is 2. The minimum Gasteiger partial charge on any atom is -0.458 e. The molecule has 2 rings (SSSR count). The van der Waals surface area contributed by atoms with Gasteiger partial charge in [-0.2, -0.15) is 0 Å². The molecule has 0 unspecified atom stereocenters. The van der Waals surface area contributed by atoms with Crippen LogP contribution in [0, 0.1) is 6.92 Å². The molecule has 2 heteroatoms. The molecular formula is C11H13NO. The molecule has 0 saturated carbocycles. The highest BCUT2D eigenvalue weighted by Crippen LogP contribution is 2.32. The molecule has 0 amide bonds. The van der Waals surface area contributed by atoms with Gasteiger partial charge < -0.3 is 10.1 Å². The van der Waals surface area contributed by atoms with Gasteiger partial charge in [0, 0.05) is 0 Å². The van der Waals surface area contributed by atoms with Crippen molar-refractivity contribution in [2.75, 3.05) is 5.32 Å². The molecule has 1 heterocycles. The van der Waals surface area contributed by atoms with E-state index < -0.39 is 0 Å². The quantitative estimate of drug-likeness (QED) is 0.654. The molecule has 0 radical (unpaired) electrons. The molecule has 0 spiro atoms. The summed E-state index contributed by atoms with van der Waals surface area (Å²) in [5.41, 5.74) is 3.38. The molecule has 1 aliphatic rings. The van der Waals surface area contributed by atoms with Crippen molar-refractivity contribution in [3.8, 4) is 5.75 Å². The van der Waals surface area contributed by atoms with Crippen molar-refractivity contribution >= 4 is 5.69 Å². The third-order valence-electron chi connectivity index (χ3n) is 2.25. The number of rotatable bonds is 0. The summed E-state index contributed by atoms with van der Waals surface area (Å²) in [6.45, 7) is 6.05. The van der Waals surface area contributed by atoms with Crippen molar-refractivity contribution < 1.29 is 4.74 Å². The third-order valence-corrected chi connectivity index (χ3v) is 2.25. The number of ether oxygens (including phenoxy) is 1. The highest BCUT2D eigenvalue weighted by molar-refractivity contribution is 5.63. The van der Waals surface area contributed by atoms with Gasteiger partial charge in [0.25, 0.3) is 0 Å². The molecule has 1 aromatic carbocycles. The van der Waals surface area contributed by atoms with Gasteiger partial charge in [0.05, 0.1) is 11.4 Å². The first-order valence-electron chi connectivity index (χ1n) is 4.40. The molecule has 0 aliphatic carbocycles. The zero-order chi connectivity index (χ0) is 9.42. The second-order valence-electron chi connectivity index (χ2n) is 3.41. The maximum absolute atomic E-state index is 5.62. The van der Waals surface area contributed by atoms with Crippen LogP contribution in [0.4, 0.5) is 5.69 Å². The van der Waals surface area contributed by atoms with E-state index in [9.17, 15) is 0 Å². The van der Waals surface area contributed by atoms with Crippen molar-refractivity contribution in [3.05, 3.63) is 35.2 Å². The normalized spacial score (nSPS) is 14.7. The van der Waals surface area contributed by atoms with E-state index in [1.807, 2.05) is 19.9 Å². The van der Waals surface area contributed by atoms with E-state index in [1.54, 1.807) is 0 Å². The summed E-state index contributed by atoms with van der Waals surface area (Å²) in [7, 11) is 0. The Morgan fingerprint density at radius 2 is 1.92 bits per heavy atom. The van der Waals surface area contributed by atoms with Gasteiger partial charge >= 0.3 is 0 Å². The maximum Gasteiger partial charge on any atom is 0.150 e. The second-order valence-corrected chi connectivity index (χ2v) is 3.41. The molecule has 2 nitrogen and oxygen atoms in total. The first-order valence-corrected chi connectivity index (χ1v) is 4.40. The number of fused-ring (bicyclic) bond motifs is 1. The molecular weight excluding hydrogens is 162 g/mol. The van der Waals surface area contributed by atoms with E-state index in [0.29, 0.717) is 0 Å². The van der Waals surface area contributed by atoms with Crippen molar-refractivity contribution in [2.24, 2.45) is 0 Å². The fourth-order valence-corrected chi connectivity index (χ4v) is 1.36. The SMILES string of the molecule is CC1=C(C)Oc2ccc(C)cc2N1. The van der Waals surface area contributed by atoms with Gasteiger partial charge in [-0.25, -0.2) is 0 Å². The molecule has 0 aromatic heterocycles. The molecule has 1 aromatic rings. The van der Waals surface area contributed by atoms with E-state index in [2.05, 4.69) is 24.4 Å². The number of hydrogen-bond donors (Lipinski definition) is 1. The molecule has 0 saturated heterocycles. The van der Waals surface area contributed by atoms with Crippen molar-refractivity contribution in [1.82, 2.24) is 0 Å². The average Bonchev–Trinajstić information content (AvgIpc) is 2.08. The van der Waals surface area contributed by atoms with Crippen LogP contribution >= 0.6 is 0 Å². The predicted molar refractivity (Wildman–Crippen MR) is 53.8 cm³/mol. The lowest BCUT2D eigenvalue weighted by atomic mass is 10.2. The topological polar surface area (TPSA) is 21.3 Å². The standard InChI is InChI=1S/C11H13NO/c1-7-4-5-11-10(6-7)12-8(2)9(3)13-11/h4-6,12H,1-3H3. The second kappa shape index (κ2) is 2.80. The summed E-state index contributed by atoms with van der Waals surface area (Å²) < 4.78 is 5.62. The highest BCUT2D eigenvalue weighted by Gasteiger charge is 2.12. The molecule has 1 aliphatic heterocycles. The lowest BCUT2D eigenvalue weighted by molar-refractivity contribution is 0.416. The average molecular weight is 175 g/mol. The molecule has 68 valence electrons. The molecule has 1 N–H and O–H groups in total. The number of anilines is 1. The van der Waals surface area contributed by atoms with Crippen LogP contribution in [0.5, 0.6) is 5.75 Å². The van der Waals surface area contributed by atoms with Crippen LogP contribution < -0.4 is 10.1 Å². The van der Waals surface area contributed by atoms with Crippen LogP contribution in [0.2, 0.25) is 0 Å². The Hall–Kier alpha value is -1.44. The van der Waals surface area contributed by atoms with Gasteiger partial charge in [-0.1, -0.05) is 6.07 Å². The summed E-state index contributed by atoms with van der Waals surface area (Å²) >= 11 is 0. The summed E-state index contributed by atoms with van der Waals surface area (Å²) in [5, 5.41) is 3.31. The molecule has 0 atom stereocenters. The third kappa shape index (κ3) is 1.39. The van der Waals surface area contributed by atoms with E-state index in [1.165, 1.54) is 5.56 Å². The molecule has 0 fully saturated rings. The predicted octanol–water partition coefficient (Wildman–Crippen LogP) is 3.05. The maximum atomic E-state index is 5.62. The van der Waals surface area contributed by atoms with Gasteiger partial charge in [-0.15, -0.1) is 0 Å². The van der Waals surface area contributed by atoms with Crippen LogP contribution in [0.1, 0.15) is 19.4 Å². The van der Waals surface area contributed by atoms with E-state index in [-0.39, 0.29) is 0 Å². The summed E-state index contributed by atoms with van der Waals surface area (Å²) in [4.78, 5) is 0. The monoisotopic (exact) mass is 175 g/mol. The largest absolute Gasteiger partial charge is 0.458 e. The van der Waals surface area contributed by atoms with E-state index in [4.69, 9.17) is 4.74 Å². The first kappa shape index (κ1) is 8.17. The van der Waals surface area contributed by atoms with Crippen molar-refractivity contribution in [2.45, 2.75) is 20.8 Å². The van der Waals surface area contributed by atoms with Gasteiger partial charge in [-0.05, 0) is 38.5 Å². The van der Waals surface area contributed by atoms with Gasteiger partial charge in [0.15, 0.2) is 0 Å². The zero-order valence-corrected chi connectivity index (χ0v) is 8.14. The zero-order valence-electron chi connectivity index (χ0n) is 8.14. The first-order chi connectivity index (χ1) is 6.16. The number of nitrogens with one attached hydrogen (secondary N) is 1. The lowest BCUT2D eigenvalue weighted by Gasteiger charge is -2.21. The molecule has 13 heavy (non-hydrogen) atoms. The Balaban J connectivity index is 2.44. The fourth-order valence-electron chi connectivity index (χ4n) is 1.36. The van der Waals surface area contributed by atoms with Crippen LogP contribution in [0.15, 0.2) is 29.7 Å². The summed E-state index contributed by atoms with van der Waals surface area (Å²) in [5.74, 6) is 1.85. The van der Waals surface area contributed by atoms with Crippen molar-refractivity contribution in [1.29, 1.82) is 0 Å². The van der Waals surface area contributed by atoms with Crippen molar-refractivity contribution in [3.63, 3.8) is 0 Å². The van der Waals surface area contributed by atoms with Gasteiger partial charge in [-0.3, -0.25) is 0 Å². The Morgan fingerprint density at radius 1 is 1.15 bits per heavy atom. The number of hydrogen-bond acceptors (Lipinski definition) is 2. The Bertz CT molecular complexity index is 380. The van der Waals surface area contributed by atoms with Crippen LogP contribution in [-0.2, 0) is 0 Å². The van der Waals surface area contributed by atoms with E-state index >= 15 is 0 Å². The Kier molecular flexibility index (Phi) is 1.76. The highest BCUT2D eigenvalue weighted by atomic mass is 16.5. The lowest BCUT2D eigenvalue weighted by Crippen LogP contribution is -2.10. The summed E-state index contributed by atoms with van der Waals surface area (Å²) in [6, 6.07) is 6.13. The van der Waals surface area contributed by atoms with E-state index in [0.717, 1.165) is 22.9 Å². The number of aryl methyl sites for hydroxylation is 1. The fraction of sp³-hybridized carbons (Fsp3) is 0.273. The minimum atomic E-state index is 0.911. The van der Waals surface area contributed by atoms with Crippen LogP contribution in [-0.4, -0.2) is 0 Å². The minimum absolute atomic E-state index is 0.911.